The predicted molar refractivity (Wildman–Crippen MR) is 64.4 cm³/mol. The molecule has 3 aliphatic rings. The molecule has 4 heteroatoms. The van der Waals surface area contributed by atoms with Crippen molar-refractivity contribution in [1.29, 1.82) is 0 Å². The SMILES string of the molecule is O=C(C1CCCCS1)N1CC(O)(C2CC2)C1. The lowest BCUT2D eigenvalue weighted by Gasteiger charge is -2.48. The molecule has 2 saturated heterocycles. The van der Waals surface area contributed by atoms with Gasteiger partial charge in [-0.1, -0.05) is 6.42 Å². The fourth-order valence-electron chi connectivity index (χ4n) is 2.79. The summed E-state index contributed by atoms with van der Waals surface area (Å²) < 4.78 is 0. The van der Waals surface area contributed by atoms with E-state index in [2.05, 4.69) is 0 Å². The van der Waals surface area contributed by atoms with Crippen molar-refractivity contribution < 1.29 is 9.90 Å². The first kappa shape index (κ1) is 10.9. The minimum absolute atomic E-state index is 0.178. The van der Waals surface area contributed by atoms with Gasteiger partial charge in [-0.25, -0.2) is 0 Å². The summed E-state index contributed by atoms with van der Waals surface area (Å²) in [6.45, 7) is 1.18. The lowest BCUT2D eigenvalue weighted by atomic mass is 9.88. The van der Waals surface area contributed by atoms with Gasteiger partial charge < -0.3 is 10.0 Å². The fourth-order valence-corrected chi connectivity index (χ4v) is 4.07. The normalized spacial score (nSPS) is 33.3. The first-order valence-electron chi connectivity index (χ1n) is 6.32. The van der Waals surface area contributed by atoms with E-state index < -0.39 is 5.60 Å². The number of thioether (sulfide) groups is 1. The quantitative estimate of drug-likeness (QED) is 0.791. The Balaban J connectivity index is 1.53. The lowest BCUT2D eigenvalue weighted by molar-refractivity contribution is -0.158. The molecule has 0 spiro atoms. The molecule has 0 aromatic heterocycles. The van der Waals surface area contributed by atoms with E-state index in [0.29, 0.717) is 19.0 Å². The van der Waals surface area contributed by atoms with Gasteiger partial charge in [-0.3, -0.25) is 4.79 Å². The van der Waals surface area contributed by atoms with E-state index in [1.807, 2.05) is 4.90 Å². The molecule has 2 aliphatic heterocycles. The van der Waals surface area contributed by atoms with Crippen molar-refractivity contribution in [1.82, 2.24) is 4.90 Å². The molecular weight excluding hydrogens is 222 g/mol. The van der Waals surface area contributed by atoms with E-state index in [1.165, 1.54) is 12.8 Å². The van der Waals surface area contributed by atoms with Crippen LogP contribution in [0.15, 0.2) is 0 Å². The van der Waals surface area contributed by atoms with E-state index in [4.69, 9.17) is 0 Å². The van der Waals surface area contributed by atoms with Crippen LogP contribution in [0.3, 0.4) is 0 Å². The highest BCUT2D eigenvalue weighted by Crippen LogP contribution is 2.45. The van der Waals surface area contributed by atoms with E-state index in [-0.39, 0.29) is 11.2 Å². The van der Waals surface area contributed by atoms with Crippen LogP contribution in [0, 0.1) is 5.92 Å². The summed E-state index contributed by atoms with van der Waals surface area (Å²) in [6.07, 6.45) is 5.76. The average Bonchev–Trinajstić information content (AvgIpc) is 3.09. The van der Waals surface area contributed by atoms with Crippen LogP contribution < -0.4 is 0 Å². The first-order chi connectivity index (χ1) is 7.69. The van der Waals surface area contributed by atoms with Crippen LogP contribution in [0.1, 0.15) is 32.1 Å². The Kier molecular flexibility index (Phi) is 2.67. The third-order valence-corrected chi connectivity index (χ3v) is 5.40. The molecule has 0 bridgehead atoms. The minimum atomic E-state index is -0.519. The maximum atomic E-state index is 12.1. The zero-order valence-electron chi connectivity index (χ0n) is 9.52. The Morgan fingerprint density at radius 3 is 2.56 bits per heavy atom. The number of β-amino-alcohol motifs (C(OH)–C–C–N with tert-alkyl or cyclic N) is 1. The molecule has 1 aliphatic carbocycles. The van der Waals surface area contributed by atoms with Gasteiger partial charge in [-0.2, -0.15) is 0 Å². The van der Waals surface area contributed by atoms with E-state index in [0.717, 1.165) is 25.0 Å². The van der Waals surface area contributed by atoms with Gasteiger partial charge in [-0.15, -0.1) is 11.8 Å². The van der Waals surface area contributed by atoms with Gasteiger partial charge in [0.15, 0.2) is 0 Å². The molecule has 3 nitrogen and oxygen atoms in total. The Labute approximate surface area is 101 Å². The number of hydrogen-bond donors (Lipinski definition) is 1. The number of aliphatic hydroxyl groups is 1. The maximum Gasteiger partial charge on any atom is 0.235 e. The van der Waals surface area contributed by atoms with Gasteiger partial charge in [-0.05, 0) is 37.4 Å². The molecule has 3 rings (SSSR count). The third-order valence-electron chi connectivity index (χ3n) is 4.03. The fraction of sp³-hybridized carbons (Fsp3) is 0.917. The Morgan fingerprint density at radius 1 is 1.25 bits per heavy atom. The van der Waals surface area contributed by atoms with Crippen molar-refractivity contribution in [2.24, 2.45) is 5.92 Å². The van der Waals surface area contributed by atoms with Crippen molar-refractivity contribution in [2.45, 2.75) is 43.0 Å². The number of rotatable bonds is 2. The van der Waals surface area contributed by atoms with Crippen LogP contribution in [0.2, 0.25) is 0 Å². The second kappa shape index (κ2) is 3.91. The molecule has 1 atom stereocenters. The summed E-state index contributed by atoms with van der Waals surface area (Å²) in [4.78, 5) is 14.0. The van der Waals surface area contributed by atoms with Gasteiger partial charge >= 0.3 is 0 Å². The molecule has 90 valence electrons. The lowest BCUT2D eigenvalue weighted by Crippen LogP contribution is -2.66. The number of amides is 1. The second-order valence-electron chi connectivity index (χ2n) is 5.43. The average molecular weight is 241 g/mol. The zero-order valence-corrected chi connectivity index (χ0v) is 10.3. The molecule has 1 unspecified atom stereocenters. The molecule has 0 aromatic carbocycles. The Morgan fingerprint density at radius 2 is 2.00 bits per heavy atom. The summed E-state index contributed by atoms with van der Waals surface area (Å²) in [6, 6.07) is 0. The van der Waals surface area contributed by atoms with Crippen LogP contribution >= 0.6 is 11.8 Å². The molecule has 0 aromatic rings. The second-order valence-corrected chi connectivity index (χ2v) is 6.74. The largest absolute Gasteiger partial charge is 0.386 e. The van der Waals surface area contributed by atoms with Gasteiger partial charge in [0.05, 0.1) is 18.3 Å². The van der Waals surface area contributed by atoms with Crippen LogP contribution in [0.4, 0.5) is 0 Å². The highest BCUT2D eigenvalue weighted by molar-refractivity contribution is 8.00. The molecule has 1 amide bonds. The highest BCUT2D eigenvalue weighted by Gasteiger charge is 2.53. The zero-order chi connectivity index (χ0) is 11.2. The third kappa shape index (κ3) is 1.86. The van der Waals surface area contributed by atoms with Crippen LogP contribution in [0.5, 0.6) is 0 Å². The van der Waals surface area contributed by atoms with Crippen LogP contribution in [-0.4, -0.2) is 45.6 Å². The number of carbonyl (C=O) groups is 1. The number of nitrogens with zero attached hydrogens (tertiary/aromatic N) is 1. The topological polar surface area (TPSA) is 40.5 Å². The minimum Gasteiger partial charge on any atom is -0.386 e. The molecule has 1 saturated carbocycles. The van der Waals surface area contributed by atoms with Crippen molar-refractivity contribution >= 4 is 17.7 Å². The smallest absolute Gasteiger partial charge is 0.235 e. The van der Waals surface area contributed by atoms with Gasteiger partial charge in [0, 0.05) is 0 Å². The van der Waals surface area contributed by atoms with Crippen molar-refractivity contribution in [3.63, 3.8) is 0 Å². The summed E-state index contributed by atoms with van der Waals surface area (Å²) in [5.41, 5.74) is -0.519. The predicted octanol–water partition coefficient (Wildman–Crippen LogP) is 1.26. The van der Waals surface area contributed by atoms with Gasteiger partial charge in [0.25, 0.3) is 0 Å². The standard InChI is InChI=1S/C12H19NO2S/c14-11(10-3-1-2-6-16-10)13-7-12(15,8-13)9-4-5-9/h9-10,15H,1-8H2. The molecular formula is C12H19NO2S. The number of carbonyl (C=O) groups excluding carboxylic acids is 1. The summed E-state index contributed by atoms with van der Waals surface area (Å²) in [7, 11) is 0. The van der Waals surface area contributed by atoms with Gasteiger partial charge in [0.2, 0.25) is 5.91 Å². The summed E-state index contributed by atoms with van der Waals surface area (Å²) in [5.74, 6) is 1.88. The van der Waals surface area contributed by atoms with Gasteiger partial charge in [0.1, 0.15) is 5.60 Å². The Hall–Kier alpha value is -0.220. The molecule has 1 N–H and O–H groups in total. The summed E-state index contributed by atoms with van der Waals surface area (Å²) in [5, 5.41) is 10.3. The Bertz CT molecular complexity index is 291. The van der Waals surface area contributed by atoms with E-state index in [9.17, 15) is 9.90 Å². The molecule has 0 radical (unpaired) electrons. The highest BCUT2D eigenvalue weighted by atomic mass is 32.2. The number of hydrogen-bond acceptors (Lipinski definition) is 3. The summed E-state index contributed by atoms with van der Waals surface area (Å²) >= 11 is 1.80. The van der Waals surface area contributed by atoms with E-state index >= 15 is 0 Å². The monoisotopic (exact) mass is 241 g/mol. The molecule has 3 fully saturated rings. The first-order valence-corrected chi connectivity index (χ1v) is 7.37. The maximum absolute atomic E-state index is 12.1. The van der Waals surface area contributed by atoms with Crippen molar-refractivity contribution in [3.8, 4) is 0 Å². The van der Waals surface area contributed by atoms with Crippen LogP contribution in [-0.2, 0) is 4.79 Å². The van der Waals surface area contributed by atoms with Crippen molar-refractivity contribution in [3.05, 3.63) is 0 Å². The molecule has 16 heavy (non-hydrogen) atoms. The molecule has 2 heterocycles. The van der Waals surface area contributed by atoms with Crippen LogP contribution in [0.25, 0.3) is 0 Å². The number of likely N-dealkylation sites (tertiary alicyclic amines) is 1. The van der Waals surface area contributed by atoms with E-state index in [1.54, 1.807) is 11.8 Å². The van der Waals surface area contributed by atoms with Crippen molar-refractivity contribution in [2.75, 3.05) is 18.8 Å².